The van der Waals surface area contributed by atoms with E-state index in [1.807, 2.05) is 6.07 Å². The Morgan fingerprint density at radius 1 is 1.40 bits per heavy atom. The van der Waals surface area contributed by atoms with Crippen LogP contribution >= 0.6 is 11.8 Å². The number of nitriles is 1. The zero-order valence-corrected chi connectivity index (χ0v) is 11.0. The van der Waals surface area contributed by atoms with Gasteiger partial charge < -0.3 is 5.73 Å². The van der Waals surface area contributed by atoms with Gasteiger partial charge in [-0.05, 0) is 24.3 Å². The molecule has 1 aromatic heterocycles. The van der Waals surface area contributed by atoms with Crippen molar-refractivity contribution in [2.24, 2.45) is 0 Å². The van der Waals surface area contributed by atoms with Crippen LogP contribution in [0.15, 0.2) is 35.6 Å². The third kappa shape index (κ3) is 3.30. The third-order valence-electron chi connectivity index (χ3n) is 2.42. The van der Waals surface area contributed by atoms with E-state index >= 15 is 0 Å². The Morgan fingerprint density at radius 3 is 2.70 bits per heavy atom. The topological polar surface area (TPSA) is 92.7 Å². The first-order valence-electron chi connectivity index (χ1n) is 5.54. The van der Waals surface area contributed by atoms with Crippen LogP contribution in [0.25, 0.3) is 0 Å². The number of nitrogens with two attached hydrogens (primary N) is 1. The van der Waals surface area contributed by atoms with E-state index in [9.17, 15) is 9.18 Å². The van der Waals surface area contributed by atoms with Crippen molar-refractivity contribution < 1.29 is 9.18 Å². The van der Waals surface area contributed by atoms with Crippen LogP contribution in [-0.2, 0) is 0 Å². The molecule has 100 valence electrons. The lowest BCUT2D eigenvalue weighted by Crippen LogP contribution is -2.04. The molecule has 0 unspecified atom stereocenters. The molecule has 1 heterocycles. The van der Waals surface area contributed by atoms with E-state index in [4.69, 9.17) is 11.0 Å². The Kier molecular flexibility index (Phi) is 4.27. The molecule has 0 aliphatic heterocycles. The highest BCUT2D eigenvalue weighted by atomic mass is 32.2. The molecule has 0 aliphatic rings. The Hall–Kier alpha value is -2.46. The van der Waals surface area contributed by atoms with E-state index in [0.717, 1.165) is 11.8 Å². The smallest absolute Gasteiger partial charge is 0.189 e. The summed E-state index contributed by atoms with van der Waals surface area (Å²) < 4.78 is 12.7. The normalized spacial score (nSPS) is 10.0. The van der Waals surface area contributed by atoms with Gasteiger partial charge in [0.15, 0.2) is 10.9 Å². The minimum Gasteiger partial charge on any atom is -0.382 e. The van der Waals surface area contributed by atoms with Crippen LogP contribution < -0.4 is 5.73 Å². The van der Waals surface area contributed by atoms with Crippen molar-refractivity contribution in [1.82, 2.24) is 9.97 Å². The number of aromatic nitrogens is 2. The lowest BCUT2D eigenvalue weighted by atomic mass is 10.1. The molecule has 0 bridgehead atoms. The van der Waals surface area contributed by atoms with Gasteiger partial charge in [-0.1, -0.05) is 11.8 Å². The number of carbonyl (C=O) groups is 1. The number of nitrogen functional groups attached to an aromatic ring is 1. The summed E-state index contributed by atoms with van der Waals surface area (Å²) in [6, 6.07) is 7.16. The van der Waals surface area contributed by atoms with Gasteiger partial charge in [0, 0.05) is 5.56 Å². The Labute approximate surface area is 118 Å². The number of hydrogen-bond acceptors (Lipinski definition) is 6. The number of halogens is 1. The molecule has 0 fully saturated rings. The summed E-state index contributed by atoms with van der Waals surface area (Å²) in [7, 11) is 0. The van der Waals surface area contributed by atoms with Crippen molar-refractivity contribution in [3.63, 3.8) is 0 Å². The number of nitrogens with zero attached hydrogens (tertiary/aromatic N) is 3. The number of rotatable bonds is 4. The first-order chi connectivity index (χ1) is 9.60. The van der Waals surface area contributed by atoms with Gasteiger partial charge in [0.25, 0.3) is 0 Å². The molecule has 0 saturated heterocycles. The Balaban J connectivity index is 2.02. The van der Waals surface area contributed by atoms with Crippen LogP contribution in [0, 0.1) is 17.1 Å². The average molecular weight is 288 g/mol. The van der Waals surface area contributed by atoms with Crippen molar-refractivity contribution in [2.45, 2.75) is 5.16 Å². The molecule has 20 heavy (non-hydrogen) atoms. The summed E-state index contributed by atoms with van der Waals surface area (Å²) in [6.07, 6.45) is 1.31. The van der Waals surface area contributed by atoms with Gasteiger partial charge in [-0.2, -0.15) is 5.26 Å². The van der Waals surface area contributed by atoms with Gasteiger partial charge in [0.05, 0.1) is 11.9 Å². The van der Waals surface area contributed by atoms with Crippen LogP contribution in [0.3, 0.4) is 0 Å². The van der Waals surface area contributed by atoms with Gasteiger partial charge >= 0.3 is 0 Å². The maximum atomic E-state index is 12.7. The van der Waals surface area contributed by atoms with Crippen molar-refractivity contribution >= 4 is 23.4 Å². The first-order valence-corrected chi connectivity index (χ1v) is 6.53. The van der Waals surface area contributed by atoms with Crippen LogP contribution in [0.1, 0.15) is 15.9 Å². The fraction of sp³-hybridized carbons (Fsp3) is 0.0769. The predicted octanol–water partition coefficient (Wildman–Crippen LogP) is 2.04. The molecule has 5 nitrogen and oxygen atoms in total. The van der Waals surface area contributed by atoms with E-state index < -0.39 is 5.82 Å². The van der Waals surface area contributed by atoms with Crippen LogP contribution in [0.4, 0.5) is 10.2 Å². The second-order valence-electron chi connectivity index (χ2n) is 3.78. The first kappa shape index (κ1) is 14.0. The van der Waals surface area contributed by atoms with Gasteiger partial charge in [0.1, 0.15) is 23.3 Å². The van der Waals surface area contributed by atoms with Crippen LogP contribution in [0.5, 0.6) is 0 Å². The summed E-state index contributed by atoms with van der Waals surface area (Å²) in [5.74, 6) is -0.366. The van der Waals surface area contributed by atoms with Crippen molar-refractivity contribution in [3.8, 4) is 6.07 Å². The van der Waals surface area contributed by atoms with E-state index in [-0.39, 0.29) is 22.9 Å². The lowest BCUT2D eigenvalue weighted by molar-refractivity contribution is 0.102. The molecule has 0 saturated carbocycles. The molecule has 7 heteroatoms. The average Bonchev–Trinajstić information content (AvgIpc) is 2.45. The monoisotopic (exact) mass is 288 g/mol. The van der Waals surface area contributed by atoms with E-state index in [1.54, 1.807) is 0 Å². The number of anilines is 1. The second kappa shape index (κ2) is 6.12. The summed E-state index contributed by atoms with van der Waals surface area (Å²) in [4.78, 5) is 19.7. The summed E-state index contributed by atoms with van der Waals surface area (Å²) in [5, 5.41) is 9.01. The number of benzene rings is 1. The third-order valence-corrected chi connectivity index (χ3v) is 3.28. The number of Topliss-reactive ketones (excluding diaryl/α,β-unsaturated/α-hetero) is 1. The highest BCUT2D eigenvalue weighted by Gasteiger charge is 2.09. The predicted molar refractivity (Wildman–Crippen MR) is 72.6 cm³/mol. The number of ketones is 1. The van der Waals surface area contributed by atoms with Crippen molar-refractivity contribution in [1.29, 1.82) is 5.26 Å². The maximum Gasteiger partial charge on any atom is 0.189 e. The summed E-state index contributed by atoms with van der Waals surface area (Å²) in [6.45, 7) is 0. The molecule has 0 spiro atoms. The largest absolute Gasteiger partial charge is 0.382 e. The van der Waals surface area contributed by atoms with E-state index in [1.165, 1.54) is 30.5 Å². The molecule has 2 rings (SSSR count). The molecule has 0 amide bonds. The fourth-order valence-corrected chi connectivity index (χ4v) is 2.10. The van der Waals surface area contributed by atoms with Crippen molar-refractivity contribution in [3.05, 3.63) is 47.4 Å². The van der Waals surface area contributed by atoms with Gasteiger partial charge in [-0.25, -0.2) is 14.4 Å². The maximum absolute atomic E-state index is 12.7. The Morgan fingerprint density at radius 2 is 2.10 bits per heavy atom. The zero-order valence-electron chi connectivity index (χ0n) is 10.2. The summed E-state index contributed by atoms with van der Waals surface area (Å²) >= 11 is 1.11. The standard InChI is InChI=1S/C13H9FN4OS/c14-10-3-1-8(2-4-10)11(19)7-20-13-17-6-9(5-15)12(16)18-13/h1-4,6H,7H2,(H2,16,17,18). The number of hydrogen-bond donors (Lipinski definition) is 1. The molecule has 0 atom stereocenters. The van der Waals surface area contributed by atoms with E-state index in [2.05, 4.69) is 9.97 Å². The summed E-state index contributed by atoms with van der Waals surface area (Å²) in [5.41, 5.74) is 6.16. The highest BCUT2D eigenvalue weighted by molar-refractivity contribution is 7.99. The minimum atomic E-state index is -0.391. The van der Waals surface area contributed by atoms with E-state index in [0.29, 0.717) is 10.7 Å². The number of thioether (sulfide) groups is 1. The quantitative estimate of drug-likeness (QED) is 0.526. The molecule has 1 aromatic carbocycles. The van der Waals surface area contributed by atoms with Gasteiger partial charge in [0.2, 0.25) is 0 Å². The molecular formula is C13H9FN4OS. The van der Waals surface area contributed by atoms with Gasteiger partial charge in [-0.15, -0.1) is 0 Å². The van der Waals surface area contributed by atoms with Crippen molar-refractivity contribution in [2.75, 3.05) is 11.5 Å². The lowest BCUT2D eigenvalue weighted by Gasteiger charge is -2.02. The molecule has 0 radical (unpaired) electrons. The molecule has 2 N–H and O–H groups in total. The van der Waals surface area contributed by atoms with Gasteiger partial charge in [-0.3, -0.25) is 4.79 Å². The minimum absolute atomic E-state index is 0.0826. The SMILES string of the molecule is N#Cc1cnc(SCC(=O)c2ccc(F)cc2)nc1N. The highest BCUT2D eigenvalue weighted by Crippen LogP contribution is 2.17. The van der Waals surface area contributed by atoms with Crippen LogP contribution in [0.2, 0.25) is 0 Å². The Bertz CT molecular complexity index is 682. The molecule has 2 aromatic rings. The zero-order chi connectivity index (χ0) is 14.5. The van der Waals surface area contributed by atoms with Crippen LogP contribution in [-0.4, -0.2) is 21.5 Å². The number of carbonyl (C=O) groups excluding carboxylic acids is 1. The fourth-order valence-electron chi connectivity index (χ4n) is 1.38. The molecule has 0 aliphatic carbocycles. The molecular weight excluding hydrogens is 279 g/mol. The second-order valence-corrected chi connectivity index (χ2v) is 4.72.